The van der Waals surface area contributed by atoms with E-state index in [4.69, 9.17) is 0 Å². The zero-order chi connectivity index (χ0) is 17.9. The Hall–Kier alpha value is -1.95. The summed E-state index contributed by atoms with van der Waals surface area (Å²) in [5, 5.41) is 0. The summed E-state index contributed by atoms with van der Waals surface area (Å²) >= 11 is 0. The monoisotopic (exact) mass is 350 g/mol. The maximum atomic E-state index is 12.9. The molecular weight excluding hydrogens is 328 g/mol. The van der Waals surface area contributed by atoms with Gasteiger partial charge in [0, 0.05) is 5.92 Å². The zero-order valence-electron chi connectivity index (χ0n) is 14.1. The fraction of sp³-hybridized carbons (Fsp3) is 0.444. The highest BCUT2D eigenvalue weighted by Gasteiger charge is 2.40. The molecule has 0 saturated carbocycles. The summed E-state index contributed by atoms with van der Waals surface area (Å²) in [6, 6.07) is 8.06. The van der Waals surface area contributed by atoms with E-state index in [2.05, 4.69) is 4.74 Å². The third-order valence-electron chi connectivity index (χ3n) is 4.21. The molecule has 1 aliphatic carbocycles. The van der Waals surface area contributed by atoms with Crippen LogP contribution in [0.1, 0.15) is 26.7 Å². The number of sulfone groups is 1. The fourth-order valence-corrected chi connectivity index (χ4v) is 4.69. The minimum absolute atomic E-state index is 0.0756. The molecule has 130 valence electrons. The number of esters is 1. The molecule has 0 fully saturated rings. The van der Waals surface area contributed by atoms with Gasteiger partial charge in [-0.15, -0.1) is 0 Å². The first-order valence-electron chi connectivity index (χ1n) is 7.89. The molecule has 0 amide bonds. The normalized spacial score (nSPS) is 20.8. The maximum Gasteiger partial charge on any atom is 0.306 e. The Morgan fingerprint density at radius 2 is 1.83 bits per heavy atom. The lowest BCUT2D eigenvalue weighted by molar-refractivity contribution is -0.141. The Morgan fingerprint density at radius 3 is 2.38 bits per heavy atom. The van der Waals surface area contributed by atoms with Gasteiger partial charge in [-0.05, 0) is 24.5 Å². The molecule has 0 spiro atoms. The molecule has 0 heterocycles. The third-order valence-corrected chi connectivity index (χ3v) is 6.15. The molecule has 1 aliphatic rings. The largest absolute Gasteiger partial charge is 0.469 e. The van der Waals surface area contributed by atoms with Crippen molar-refractivity contribution in [2.24, 2.45) is 17.8 Å². The molecule has 1 aromatic carbocycles. The van der Waals surface area contributed by atoms with Crippen LogP contribution < -0.4 is 0 Å². The van der Waals surface area contributed by atoms with Gasteiger partial charge in [0.2, 0.25) is 9.84 Å². The van der Waals surface area contributed by atoms with Crippen LogP contribution in [0, 0.1) is 17.8 Å². The molecule has 6 heteroatoms. The lowest BCUT2D eigenvalue weighted by atomic mass is 9.91. The van der Waals surface area contributed by atoms with Crippen molar-refractivity contribution >= 4 is 21.6 Å². The standard InChI is InChI=1S/C18H22O5S/c1-12(2)18(20)15-9-13(11-17(19)23-3)10-16(15)24(21,22)14-7-5-4-6-8-14/h4-8,10,12-13,15H,9,11H2,1-3H3. The Morgan fingerprint density at radius 1 is 1.21 bits per heavy atom. The number of hydrogen-bond acceptors (Lipinski definition) is 5. The van der Waals surface area contributed by atoms with Crippen LogP contribution in [-0.4, -0.2) is 27.3 Å². The molecule has 5 nitrogen and oxygen atoms in total. The van der Waals surface area contributed by atoms with Crippen LogP contribution >= 0.6 is 0 Å². The summed E-state index contributed by atoms with van der Waals surface area (Å²) < 4.78 is 30.5. The smallest absolute Gasteiger partial charge is 0.306 e. The SMILES string of the molecule is COC(=O)CC1C=C(S(=O)(=O)c2ccccc2)C(C(=O)C(C)C)C1. The molecule has 0 bridgehead atoms. The molecule has 0 N–H and O–H groups in total. The number of methoxy groups -OCH3 is 1. The predicted molar refractivity (Wildman–Crippen MR) is 89.8 cm³/mol. The second-order valence-corrected chi connectivity index (χ2v) is 8.22. The van der Waals surface area contributed by atoms with Gasteiger partial charge in [0.25, 0.3) is 0 Å². The van der Waals surface area contributed by atoms with Crippen molar-refractivity contribution in [1.29, 1.82) is 0 Å². The van der Waals surface area contributed by atoms with E-state index in [1.807, 2.05) is 0 Å². The molecule has 1 aromatic rings. The van der Waals surface area contributed by atoms with E-state index in [1.165, 1.54) is 19.2 Å². The van der Waals surface area contributed by atoms with Crippen molar-refractivity contribution in [2.45, 2.75) is 31.6 Å². The Labute approximate surface area is 142 Å². The Kier molecular flexibility index (Phi) is 5.59. The molecule has 2 rings (SSSR count). The lowest BCUT2D eigenvalue weighted by Crippen LogP contribution is -2.24. The highest BCUT2D eigenvalue weighted by Crippen LogP contribution is 2.40. The van der Waals surface area contributed by atoms with E-state index >= 15 is 0 Å². The average Bonchev–Trinajstić information content (AvgIpc) is 2.99. The number of ketones is 1. The van der Waals surface area contributed by atoms with Gasteiger partial charge in [-0.2, -0.15) is 0 Å². The first-order chi connectivity index (χ1) is 11.3. The van der Waals surface area contributed by atoms with Crippen molar-refractivity contribution in [1.82, 2.24) is 0 Å². The maximum absolute atomic E-state index is 12.9. The summed E-state index contributed by atoms with van der Waals surface area (Å²) in [5.74, 6) is -1.82. The molecule has 0 radical (unpaired) electrons. The highest BCUT2D eigenvalue weighted by molar-refractivity contribution is 7.95. The molecule has 0 saturated heterocycles. The number of ether oxygens (including phenoxy) is 1. The second kappa shape index (κ2) is 7.30. The number of allylic oxidation sites excluding steroid dienone is 2. The quantitative estimate of drug-likeness (QED) is 0.737. The highest BCUT2D eigenvalue weighted by atomic mass is 32.2. The molecule has 2 unspecified atom stereocenters. The minimum Gasteiger partial charge on any atom is -0.469 e. The van der Waals surface area contributed by atoms with Gasteiger partial charge in [0.05, 0.1) is 29.2 Å². The van der Waals surface area contributed by atoms with Gasteiger partial charge in [-0.25, -0.2) is 8.42 Å². The van der Waals surface area contributed by atoms with Crippen molar-refractivity contribution in [3.05, 3.63) is 41.3 Å². The van der Waals surface area contributed by atoms with E-state index in [0.29, 0.717) is 6.42 Å². The van der Waals surface area contributed by atoms with E-state index in [1.54, 1.807) is 38.1 Å². The summed E-state index contributed by atoms with van der Waals surface area (Å²) in [6.07, 6.45) is 1.96. The number of hydrogen-bond donors (Lipinski definition) is 0. The van der Waals surface area contributed by atoms with Crippen LogP contribution in [0.25, 0.3) is 0 Å². The topological polar surface area (TPSA) is 77.5 Å². The lowest BCUT2D eigenvalue weighted by Gasteiger charge is -2.17. The predicted octanol–water partition coefficient (Wildman–Crippen LogP) is 2.77. The third kappa shape index (κ3) is 3.75. The Balaban J connectivity index is 2.42. The Bertz CT molecular complexity index is 747. The molecule has 24 heavy (non-hydrogen) atoms. The van der Waals surface area contributed by atoms with Crippen molar-refractivity contribution < 1.29 is 22.7 Å². The minimum atomic E-state index is -3.75. The van der Waals surface area contributed by atoms with Gasteiger partial charge in [0.1, 0.15) is 5.78 Å². The molecule has 0 aromatic heterocycles. The zero-order valence-corrected chi connectivity index (χ0v) is 14.9. The van der Waals surface area contributed by atoms with Gasteiger partial charge in [-0.3, -0.25) is 9.59 Å². The van der Waals surface area contributed by atoms with E-state index in [0.717, 1.165) is 0 Å². The molecule has 2 atom stereocenters. The summed E-state index contributed by atoms with van der Waals surface area (Å²) in [4.78, 5) is 24.3. The number of Topliss-reactive ketones (excluding diaryl/α,β-unsaturated/α-hetero) is 1. The van der Waals surface area contributed by atoms with Crippen LogP contribution in [0.15, 0.2) is 46.2 Å². The van der Waals surface area contributed by atoms with Gasteiger partial charge >= 0.3 is 5.97 Å². The van der Waals surface area contributed by atoms with Crippen molar-refractivity contribution in [3.63, 3.8) is 0 Å². The molecule has 0 aliphatic heterocycles. The van der Waals surface area contributed by atoms with Gasteiger partial charge in [0.15, 0.2) is 0 Å². The van der Waals surface area contributed by atoms with Gasteiger partial charge in [-0.1, -0.05) is 38.1 Å². The van der Waals surface area contributed by atoms with Crippen LogP contribution in [0.2, 0.25) is 0 Å². The van der Waals surface area contributed by atoms with Crippen molar-refractivity contribution in [2.75, 3.05) is 7.11 Å². The van der Waals surface area contributed by atoms with Crippen LogP contribution in [0.3, 0.4) is 0 Å². The van der Waals surface area contributed by atoms with Crippen LogP contribution in [0.4, 0.5) is 0 Å². The number of carbonyl (C=O) groups is 2. The first-order valence-corrected chi connectivity index (χ1v) is 9.38. The van der Waals surface area contributed by atoms with Gasteiger partial charge < -0.3 is 4.74 Å². The van der Waals surface area contributed by atoms with Crippen molar-refractivity contribution in [3.8, 4) is 0 Å². The number of carbonyl (C=O) groups excluding carboxylic acids is 2. The number of benzene rings is 1. The van der Waals surface area contributed by atoms with E-state index in [9.17, 15) is 18.0 Å². The fourth-order valence-electron chi connectivity index (χ4n) is 2.95. The van der Waals surface area contributed by atoms with Crippen LogP contribution in [-0.2, 0) is 24.2 Å². The van der Waals surface area contributed by atoms with Crippen LogP contribution in [0.5, 0.6) is 0 Å². The van der Waals surface area contributed by atoms with E-state index < -0.39 is 21.7 Å². The number of rotatable bonds is 6. The summed E-state index contributed by atoms with van der Waals surface area (Å²) in [5.41, 5.74) is 0. The molecular formula is C18H22O5S. The summed E-state index contributed by atoms with van der Waals surface area (Å²) in [7, 11) is -2.46. The first kappa shape index (κ1) is 18.4. The average molecular weight is 350 g/mol. The van der Waals surface area contributed by atoms with E-state index in [-0.39, 0.29) is 33.8 Å². The second-order valence-electron chi connectivity index (χ2n) is 6.27. The summed E-state index contributed by atoms with van der Waals surface area (Å²) in [6.45, 7) is 3.51.